The smallest absolute Gasteiger partial charge is 0.274 e. The van der Waals surface area contributed by atoms with Crippen LogP contribution in [0.2, 0.25) is 0 Å². The molecule has 0 unspecified atom stereocenters. The number of carbonyl (C=O) groups is 1. The maximum atomic E-state index is 13.2. The number of rotatable bonds is 6. The Morgan fingerprint density at radius 1 is 1.33 bits per heavy atom. The third kappa shape index (κ3) is 3.10. The Kier molecular flexibility index (Phi) is 4.14. The van der Waals surface area contributed by atoms with Gasteiger partial charge in [-0.25, -0.2) is 4.98 Å². The summed E-state index contributed by atoms with van der Waals surface area (Å²) in [4.78, 5) is 20.9. The second-order valence-electron chi connectivity index (χ2n) is 6.89. The van der Waals surface area contributed by atoms with E-state index >= 15 is 0 Å². The molecule has 2 aromatic rings. The van der Waals surface area contributed by atoms with Crippen LogP contribution in [0, 0.1) is 6.92 Å². The topological polar surface area (TPSA) is 59.2 Å². The van der Waals surface area contributed by atoms with E-state index in [0.29, 0.717) is 30.7 Å². The van der Waals surface area contributed by atoms with Gasteiger partial charge in [0.1, 0.15) is 5.69 Å². The van der Waals surface area contributed by atoms with Gasteiger partial charge in [-0.3, -0.25) is 4.79 Å². The molecule has 1 heterocycles. The van der Waals surface area contributed by atoms with Crippen LogP contribution in [0.4, 0.5) is 0 Å². The molecule has 1 aromatic heterocycles. The monoisotopic (exact) mass is 341 g/mol. The molecule has 1 aromatic carbocycles. The summed E-state index contributed by atoms with van der Waals surface area (Å²) in [7, 11) is 0. The van der Waals surface area contributed by atoms with Gasteiger partial charge >= 0.3 is 0 Å². The summed E-state index contributed by atoms with van der Waals surface area (Å²) >= 11 is 1.70. The molecule has 2 N–H and O–H groups in total. The summed E-state index contributed by atoms with van der Waals surface area (Å²) in [5.74, 6) is 0.617. The third-order valence-corrected chi connectivity index (χ3v) is 5.94. The minimum Gasteiger partial charge on any atom is -0.333 e. The van der Waals surface area contributed by atoms with E-state index in [-0.39, 0.29) is 5.91 Å². The molecular weight excluding hydrogens is 318 g/mol. The van der Waals surface area contributed by atoms with Crippen molar-refractivity contribution in [1.29, 1.82) is 0 Å². The van der Waals surface area contributed by atoms with E-state index in [9.17, 15) is 4.79 Å². The lowest BCUT2D eigenvalue weighted by Gasteiger charge is -2.21. The molecule has 0 saturated heterocycles. The molecule has 4 nitrogen and oxygen atoms in total. The molecule has 2 fully saturated rings. The zero-order valence-electron chi connectivity index (χ0n) is 14.0. The van der Waals surface area contributed by atoms with E-state index in [2.05, 4.69) is 25.1 Å². The molecule has 2 aliphatic carbocycles. The lowest BCUT2D eigenvalue weighted by Crippen LogP contribution is -2.37. The number of carbonyl (C=O) groups excluding carboxylic acids is 1. The van der Waals surface area contributed by atoms with Crippen molar-refractivity contribution in [2.75, 3.05) is 13.1 Å². The van der Waals surface area contributed by atoms with Crippen LogP contribution in [-0.4, -0.2) is 34.9 Å². The standard InChI is InChI=1S/C19H23N3OS/c1-12-3-2-4-14(11-12)17-16(21-18(24-17)13-5-6-13)19(23)22(10-9-20)15-7-8-15/h2-4,11,13,15H,5-10,20H2,1H3. The van der Waals surface area contributed by atoms with Gasteiger partial charge in [-0.15, -0.1) is 11.3 Å². The van der Waals surface area contributed by atoms with Gasteiger partial charge in [-0.1, -0.05) is 29.8 Å². The molecule has 5 heteroatoms. The summed E-state index contributed by atoms with van der Waals surface area (Å²) in [6.07, 6.45) is 4.57. The molecule has 126 valence electrons. The SMILES string of the molecule is Cc1cccc(-c2sc(C3CC3)nc2C(=O)N(CCN)C2CC2)c1. The minimum atomic E-state index is 0.0580. The van der Waals surface area contributed by atoms with Gasteiger partial charge in [0.25, 0.3) is 5.91 Å². The fourth-order valence-corrected chi connectivity index (χ4v) is 4.30. The van der Waals surface area contributed by atoms with Crippen LogP contribution in [0.5, 0.6) is 0 Å². The first-order chi connectivity index (χ1) is 11.7. The van der Waals surface area contributed by atoms with Gasteiger partial charge in [0.15, 0.2) is 0 Å². The second-order valence-corrected chi connectivity index (χ2v) is 7.92. The first-order valence-electron chi connectivity index (χ1n) is 8.76. The number of benzene rings is 1. The Hall–Kier alpha value is -1.72. The molecule has 0 aliphatic heterocycles. The van der Waals surface area contributed by atoms with Crippen molar-refractivity contribution in [1.82, 2.24) is 9.88 Å². The van der Waals surface area contributed by atoms with Crippen LogP contribution in [0.3, 0.4) is 0 Å². The van der Waals surface area contributed by atoms with Gasteiger partial charge in [0.2, 0.25) is 0 Å². The van der Waals surface area contributed by atoms with E-state index in [1.54, 1.807) is 11.3 Å². The maximum absolute atomic E-state index is 13.2. The van der Waals surface area contributed by atoms with Crippen LogP contribution >= 0.6 is 11.3 Å². The summed E-state index contributed by atoms with van der Waals surface area (Å²) in [6, 6.07) is 8.72. The number of hydrogen-bond donors (Lipinski definition) is 1. The summed E-state index contributed by atoms with van der Waals surface area (Å²) in [5, 5.41) is 1.12. The van der Waals surface area contributed by atoms with E-state index in [4.69, 9.17) is 10.7 Å². The van der Waals surface area contributed by atoms with Gasteiger partial charge in [0.05, 0.1) is 9.88 Å². The number of hydrogen-bond acceptors (Lipinski definition) is 4. The molecule has 2 saturated carbocycles. The fraction of sp³-hybridized carbons (Fsp3) is 0.474. The number of nitrogens with two attached hydrogens (primary N) is 1. The molecule has 0 atom stereocenters. The number of aromatic nitrogens is 1. The zero-order chi connectivity index (χ0) is 16.7. The second kappa shape index (κ2) is 6.30. The Morgan fingerprint density at radius 2 is 2.12 bits per heavy atom. The Morgan fingerprint density at radius 3 is 2.75 bits per heavy atom. The normalized spacial score (nSPS) is 17.1. The van der Waals surface area contributed by atoms with Crippen molar-refractivity contribution >= 4 is 17.2 Å². The van der Waals surface area contributed by atoms with Crippen LogP contribution in [0.25, 0.3) is 10.4 Å². The quantitative estimate of drug-likeness (QED) is 0.874. The van der Waals surface area contributed by atoms with E-state index in [1.807, 2.05) is 11.0 Å². The molecule has 0 bridgehead atoms. The molecule has 2 aliphatic rings. The Bertz CT molecular complexity index is 762. The van der Waals surface area contributed by atoms with Crippen LogP contribution in [-0.2, 0) is 0 Å². The first-order valence-corrected chi connectivity index (χ1v) is 9.58. The average molecular weight is 341 g/mol. The molecule has 0 spiro atoms. The van der Waals surface area contributed by atoms with Gasteiger partial charge in [-0.2, -0.15) is 0 Å². The molecule has 24 heavy (non-hydrogen) atoms. The van der Waals surface area contributed by atoms with Gasteiger partial charge < -0.3 is 10.6 Å². The van der Waals surface area contributed by atoms with E-state index in [1.165, 1.54) is 18.4 Å². The highest BCUT2D eigenvalue weighted by Crippen LogP contribution is 2.45. The Balaban J connectivity index is 1.74. The largest absolute Gasteiger partial charge is 0.333 e. The van der Waals surface area contributed by atoms with Crippen LogP contribution in [0.15, 0.2) is 24.3 Å². The molecule has 0 radical (unpaired) electrons. The summed E-state index contributed by atoms with van der Waals surface area (Å²) in [6.45, 7) is 3.20. The zero-order valence-corrected chi connectivity index (χ0v) is 14.8. The number of aryl methyl sites for hydroxylation is 1. The van der Waals surface area contributed by atoms with Crippen molar-refractivity contribution in [2.24, 2.45) is 5.73 Å². The highest BCUT2D eigenvalue weighted by atomic mass is 32.1. The van der Waals surface area contributed by atoms with Crippen molar-refractivity contribution < 1.29 is 4.79 Å². The van der Waals surface area contributed by atoms with Crippen LogP contribution in [0.1, 0.15) is 52.7 Å². The number of nitrogens with zero attached hydrogens (tertiary/aromatic N) is 2. The van der Waals surface area contributed by atoms with Gasteiger partial charge in [-0.05, 0) is 38.2 Å². The molecule has 4 rings (SSSR count). The summed E-state index contributed by atoms with van der Waals surface area (Å²) < 4.78 is 0. The molecular formula is C19H23N3OS. The predicted molar refractivity (Wildman–Crippen MR) is 97.4 cm³/mol. The van der Waals surface area contributed by atoms with Gasteiger partial charge in [0, 0.05) is 25.0 Å². The molecule has 1 amide bonds. The van der Waals surface area contributed by atoms with E-state index < -0.39 is 0 Å². The lowest BCUT2D eigenvalue weighted by molar-refractivity contribution is 0.0743. The maximum Gasteiger partial charge on any atom is 0.274 e. The lowest BCUT2D eigenvalue weighted by atomic mass is 10.1. The highest BCUT2D eigenvalue weighted by Gasteiger charge is 2.36. The minimum absolute atomic E-state index is 0.0580. The number of amides is 1. The first kappa shape index (κ1) is 15.8. The Labute approximate surface area is 146 Å². The summed E-state index contributed by atoms with van der Waals surface area (Å²) in [5.41, 5.74) is 8.67. The van der Waals surface area contributed by atoms with Crippen LogP contribution < -0.4 is 5.73 Å². The number of thiazole rings is 1. The van der Waals surface area contributed by atoms with Crippen molar-refractivity contribution in [3.05, 3.63) is 40.5 Å². The van der Waals surface area contributed by atoms with E-state index in [0.717, 1.165) is 28.3 Å². The van der Waals surface area contributed by atoms with Crippen molar-refractivity contribution in [3.63, 3.8) is 0 Å². The fourth-order valence-electron chi connectivity index (χ4n) is 3.08. The highest BCUT2D eigenvalue weighted by molar-refractivity contribution is 7.15. The van der Waals surface area contributed by atoms with Crippen molar-refractivity contribution in [2.45, 2.75) is 44.6 Å². The third-order valence-electron chi connectivity index (χ3n) is 4.67. The predicted octanol–water partition coefficient (Wildman–Crippen LogP) is 3.56. The van der Waals surface area contributed by atoms with Crippen molar-refractivity contribution in [3.8, 4) is 10.4 Å². The average Bonchev–Trinajstić information content (AvgIpc) is 3.50.